The minimum Gasteiger partial charge on any atom is -0.481 e. The highest BCUT2D eigenvalue weighted by Gasteiger charge is 2.50. The first-order valence-electron chi connectivity index (χ1n) is 8.92. The van der Waals surface area contributed by atoms with Crippen LogP contribution in [-0.4, -0.2) is 15.6 Å². The molecule has 9 heteroatoms. The van der Waals surface area contributed by atoms with Crippen LogP contribution in [0.4, 0.5) is 13.2 Å². The normalized spacial score (nSPS) is 22.3. The lowest BCUT2D eigenvalue weighted by Gasteiger charge is -2.40. The summed E-state index contributed by atoms with van der Waals surface area (Å²) in [7, 11) is 0. The van der Waals surface area contributed by atoms with Gasteiger partial charge in [0.1, 0.15) is 11.8 Å². The average Bonchev–Trinajstić information content (AvgIpc) is 2.94. The molecule has 2 unspecified atom stereocenters. The number of carbonyl (C=O) groups is 1. The van der Waals surface area contributed by atoms with Gasteiger partial charge in [-0.05, 0) is 53.4 Å². The maximum atomic E-state index is 14.1. The molecule has 1 aromatic carbocycles. The Morgan fingerprint density at radius 3 is 2.48 bits per heavy atom. The van der Waals surface area contributed by atoms with Crippen molar-refractivity contribution in [3.8, 4) is 17.3 Å². The van der Waals surface area contributed by atoms with E-state index in [9.17, 15) is 28.3 Å². The van der Waals surface area contributed by atoms with Gasteiger partial charge in [0.2, 0.25) is 0 Å². The zero-order valence-electron chi connectivity index (χ0n) is 15.4. The van der Waals surface area contributed by atoms with Crippen molar-refractivity contribution in [2.75, 3.05) is 0 Å². The Morgan fingerprint density at radius 1 is 1.34 bits per heavy atom. The highest BCUT2D eigenvalue weighted by Crippen LogP contribution is 2.52. The van der Waals surface area contributed by atoms with Crippen molar-refractivity contribution in [3.05, 3.63) is 45.0 Å². The lowest BCUT2D eigenvalue weighted by Crippen LogP contribution is -2.41. The van der Waals surface area contributed by atoms with Crippen LogP contribution in [0.25, 0.3) is 11.3 Å². The lowest BCUT2D eigenvalue weighted by molar-refractivity contribution is -0.157. The number of carboxylic acid groups (broad SMARTS) is 1. The maximum Gasteiger partial charge on any atom is 0.432 e. The molecule has 0 bridgehead atoms. The van der Waals surface area contributed by atoms with E-state index in [2.05, 4.69) is 15.9 Å². The van der Waals surface area contributed by atoms with Crippen LogP contribution in [0.5, 0.6) is 0 Å². The van der Waals surface area contributed by atoms with Gasteiger partial charge in [-0.15, -0.1) is 0 Å². The SMILES string of the molecule is CC1(C(=O)O)CCCCC1n1c(-c2ccc(Cl)cc2)c(C#N)c(Br)c1C(F)(F)F. The summed E-state index contributed by atoms with van der Waals surface area (Å²) in [6.45, 7) is 1.48. The van der Waals surface area contributed by atoms with Crippen molar-refractivity contribution in [2.45, 2.75) is 44.8 Å². The number of hydrogen-bond donors (Lipinski definition) is 1. The molecule has 154 valence electrons. The Morgan fingerprint density at radius 2 is 1.97 bits per heavy atom. The zero-order valence-corrected chi connectivity index (χ0v) is 17.7. The molecule has 0 saturated heterocycles. The van der Waals surface area contributed by atoms with Gasteiger partial charge in [-0.25, -0.2) is 0 Å². The molecule has 0 spiro atoms. The largest absolute Gasteiger partial charge is 0.481 e. The van der Waals surface area contributed by atoms with Gasteiger partial charge in [-0.3, -0.25) is 4.79 Å². The summed E-state index contributed by atoms with van der Waals surface area (Å²) in [5, 5.41) is 19.9. The fraction of sp³-hybridized carbons (Fsp3) is 0.400. The maximum absolute atomic E-state index is 14.1. The van der Waals surface area contributed by atoms with Gasteiger partial charge >= 0.3 is 12.1 Å². The summed E-state index contributed by atoms with van der Waals surface area (Å²) in [5.41, 5.74) is -2.22. The highest BCUT2D eigenvalue weighted by molar-refractivity contribution is 9.10. The van der Waals surface area contributed by atoms with E-state index in [4.69, 9.17) is 11.6 Å². The van der Waals surface area contributed by atoms with Crippen LogP contribution in [0.2, 0.25) is 5.02 Å². The molecule has 1 fully saturated rings. The molecule has 0 amide bonds. The van der Waals surface area contributed by atoms with Gasteiger partial charge < -0.3 is 9.67 Å². The predicted molar refractivity (Wildman–Crippen MR) is 106 cm³/mol. The predicted octanol–water partition coefficient (Wildman–Crippen LogP) is 6.67. The number of hydrogen-bond acceptors (Lipinski definition) is 2. The third-order valence-electron chi connectivity index (χ3n) is 5.60. The number of benzene rings is 1. The molecule has 29 heavy (non-hydrogen) atoms. The second kappa shape index (κ2) is 7.69. The minimum absolute atomic E-state index is 0.0442. The number of aromatic nitrogens is 1. The molecule has 2 atom stereocenters. The fourth-order valence-corrected chi connectivity index (χ4v) is 4.92. The molecular weight excluding hydrogens is 473 g/mol. The molecule has 1 aromatic heterocycles. The van der Waals surface area contributed by atoms with E-state index in [0.717, 1.165) is 4.57 Å². The van der Waals surface area contributed by atoms with Crippen LogP contribution < -0.4 is 0 Å². The van der Waals surface area contributed by atoms with Crippen LogP contribution in [0, 0.1) is 16.7 Å². The number of carboxylic acids is 1. The lowest BCUT2D eigenvalue weighted by atomic mass is 9.71. The van der Waals surface area contributed by atoms with Gasteiger partial charge in [0.05, 0.1) is 27.2 Å². The first-order chi connectivity index (χ1) is 13.5. The molecule has 2 aromatic rings. The van der Waals surface area contributed by atoms with Crippen LogP contribution >= 0.6 is 27.5 Å². The Balaban J connectivity index is 2.41. The fourth-order valence-electron chi connectivity index (χ4n) is 4.10. The Labute approximate surface area is 179 Å². The topological polar surface area (TPSA) is 66.0 Å². The minimum atomic E-state index is -4.79. The molecule has 1 heterocycles. The monoisotopic (exact) mass is 488 g/mol. The van der Waals surface area contributed by atoms with Crippen LogP contribution in [0.1, 0.15) is 49.9 Å². The molecular formula is C20H17BrClF3N2O2. The summed E-state index contributed by atoms with van der Waals surface area (Å²) >= 11 is 8.88. The van der Waals surface area contributed by atoms with Gasteiger partial charge in [0.25, 0.3) is 0 Å². The Kier molecular flexibility index (Phi) is 5.76. The summed E-state index contributed by atoms with van der Waals surface area (Å²) in [4.78, 5) is 12.1. The van der Waals surface area contributed by atoms with E-state index in [1.807, 2.05) is 6.07 Å². The molecule has 1 N–H and O–H groups in total. The van der Waals surface area contributed by atoms with Gasteiger partial charge in [0.15, 0.2) is 0 Å². The quantitative estimate of drug-likeness (QED) is 0.524. The third kappa shape index (κ3) is 3.66. The van der Waals surface area contributed by atoms with Crippen LogP contribution in [0.3, 0.4) is 0 Å². The molecule has 0 aliphatic heterocycles. The number of halogens is 5. The highest BCUT2D eigenvalue weighted by atomic mass is 79.9. The number of nitrogens with zero attached hydrogens (tertiary/aromatic N) is 2. The number of rotatable bonds is 3. The summed E-state index contributed by atoms with van der Waals surface area (Å²) < 4.78 is 42.9. The Hall–Kier alpha value is -1.98. The summed E-state index contributed by atoms with van der Waals surface area (Å²) in [5.74, 6) is -1.15. The first-order valence-corrected chi connectivity index (χ1v) is 10.1. The van der Waals surface area contributed by atoms with Crippen molar-refractivity contribution >= 4 is 33.5 Å². The van der Waals surface area contributed by atoms with Crippen molar-refractivity contribution in [1.82, 2.24) is 4.57 Å². The van der Waals surface area contributed by atoms with Gasteiger partial charge in [-0.2, -0.15) is 18.4 Å². The molecule has 1 aliphatic carbocycles. The number of aliphatic carboxylic acids is 1. The number of nitriles is 1. The van der Waals surface area contributed by atoms with E-state index in [-0.39, 0.29) is 28.6 Å². The average molecular weight is 490 g/mol. The van der Waals surface area contributed by atoms with E-state index in [0.29, 0.717) is 23.4 Å². The summed E-state index contributed by atoms with van der Waals surface area (Å²) in [6, 6.07) is 7.00. The van der Waals surface area contributed by atoms with Crippen LogP contribution in [-0.2, 0) is 11.0 Å². The zero-order chi connectivity index (χ0) is 21.6. The van der Waals surface area contributed by atoms with Crippen molar-refractivity contribution in [1.29, 1.82) is 5.26 Å². The number of alkyl halides is 3. The van der Waals surface area contributed by atoms with E-state index < -0.39 is 29.3 Å². The van der Waals surface area contributed by atoms with E-state index in [1.165, 1.54) is 31.2 Å². The first kappa shape index (κ1) is 21.7. The molecule has 1 saturated carbocycles. The standard InChI is InChI=1S/C20H17BrClF3N2O2/c1-19(18(28)29)9-3-2-4-14(19)27-16(11-5-7-12(22)8-6-11)13(10-26)15(21)17(27)20(23,24)25/h5-8,14H,2-4,9H2,1H3,(H,28,29). The summed E-state index contributed by atoms with van der Waals surface area (Å²) in [6.07, 6.45) is -3.06. The smallest absolute Gasteiger partial charge is 0.432 e. The third-order valence-corrected chi connectivity index (χ3v) is 6.63. The van der Waals surface area contributed by atoms with Crippen molar-refractivity contribution < 1.29 is 23.1 Å². The second-order valence-corrected chi connectivity index (χ2v) is 8.59. The van der Waals surface area contributed by atoms with Crippen LogP contribution in [0.15, 0.2) is 28.7 Å². The van der Waals surface area contributed by atoms with Gasteiger partial charge in [0, 0.05) is 5.02 Å². The van der Waals surface area contributed by atoms with Crippen molar-refractivity contribution in [3.63, 3.8) is 0 Å². The molecule has 1 aliphatic rings. The van der Waals surface area contributed by atoms with Gasteiger partial charge in [-0.1, -0.05) is 36.6 Å². The molecule has 0 radical (unpaired) electrons. The molecule has 4 nitrogen and oxygen atoms in total. The van der Waals surface area contributed by atoms with E-state index >= 15 is 0 Å². The Bertz CT molecular complexity index is 995. The second-order valence-electron chi connectivity index (χ2n) is 7.36. The van der Waals surface area contributed by atoms with Crippen molar-refractivity contribution in [2.24, 2.45) is 5.41 Å². The molecule has 3 rings (SSSR count). The van der Waals surface area contributed by atoms with E-state index in [1.54, 1.807) is 0 Å².